The van der Waals surface area contributed by atoms with Crippen LogP contribution < -0.4 is 31.9 Å². The number of nitrogens with zero attached hydrogens (tertiary/aromatic N) is 4. The van der Waals surface area contributed by atoms with E-state index < -0.39 is 29.7 Å². The third-order valence-electron chi connectivity index (χ3n) is 10.6. The first-order valence-corrected chi connectivity index (χ1v) is 19.8. The molecule has 6 amide bonds. The van der Waals surface area contributed by atoms with Gasteiger partial charge in [0.05, 0.1) is 54.3 Å². The van der Waals surface area contributed by atoms with Gasteiger partial charge in [-0.1, -0.05) is 6.07 Å². The number of fused-ring (bicyclic) bond motifs is 2. The number of amides is 6. The molecule has 2 aliphatic heterocycles. The molecule has 3 aromatic heterocycles. The second kappa shape index (κ2) is 17.5. The Balaban J connectivity index is 0.701. The van der Waals surface area contributed by atoms with E-state index in [1.54, 1.807) is 30.7 Å². The van der Waals surface area contributed by atoms with Gasteiger partial charge in [-0.25, -0.2) is 9.97 Å². The Morgan fingerprint density at radius 2 is 1.66 bits per heavy atom. The van der Waals surface area contributed by atoms with Crippen molar-refractivity contribution in [1.29, 1.82) is 0 Å². The number of pyridine rings is 3. The number of benzene rings is 1. The summed E-state index contributed by atoms with van der Waals surface area (Å²) in [6.07, 6.45) is 8.29. The molecular formula is C41H44N10O8. The van der Waals surface area contributed by atoms with Crippen molar-refractivity contribution < 1.29 is 38.2 Å². The second-order valence-electron chi connectivity index (χ2n) is 14.9. The summed E-state index contributed by atoms with van der Waals surface area (Å²) in [4.78, 5) is 90.4. The average molecular weight is 805 g/mol. The predicted octanol–water partition coefficient (Wildman–Crippen LogP) is 2.51. The molecule has 3 fully saturated rings. The first kappa shape index (κ1) is 39.3. The molecule has 306 valence electrons. The zero-order valence-electron chi connectivity index (χ0n) is 32.1. The number of ether oxygens (including phenoxy) is 2. The Morgan fingerprint density at radius 1 is 0.847 bits per heavy atom. The van der Waals surface area contributed by atoms with Gasteiger partial charge < -0.3 is 36.1 Å². The summed E-state index contributed by atoms with van der Waals surface area (Å²) in [5, 5.41) is 18.9. The van der Waals surface area contributed by atoms with Crippen LogP contribution in [0.2, 0.25) is 0 Å². The van der Waals surface area contributed by atoms with Gasteiger partial charge in [-0.3, -0.25) is 44.0 Å². The molecule has 18 heteroatoms. The van der Waals surface area contributed by atoms with E-state index in [4.69, 9.17) is 9.47 Å². The number of imide groups is 2. The maximum Gasteiger partial charge on any atom is 0.264 e. The standard InChI is InChI=1S/C41H44N10O8/c52-35-9-7-32(39(55)50-35)51-40(56)27-2-1-3-30(36(27)41(51)57)43-12-14-58-16-17-59-15-13-44-37(53)24-18-26(19-24)47-38(54)28-22-45-34(20-31(28)46-25-5-6-25)49-33-8-4-23-21-42-11-10-29(23)48-33/h1-4,8,10-11,20-22,24-26,32,43H,5-7,9,12-19H2,(H,44,53)(H,47,54)(H,50,52,55)(H2,45,46,48,49). The maximum atomic E-state index is 13.3. The first-order valence-electron chi connectivity index (χ1n) is 19.8. The highest BCUT2D eigenvalue weighted by molar-refractivity contribution is 6.25. The van der Waals surface area contributed by atoms with E-state index in [1.807, 2.05) is 24.3 Å². The lowest BCUT2D eigenvalue weighted by atomic mass is 9.79. The highest BCUT2D eigenvalue weighted by atomic mass is 16.5. The van der Waals surface area contributed by atoms with E-state index in [-0.39, 0.29) is 47.7 Å². The molecule has 4 aromatic rings. The van der Waals surface area contributed by atoms with Crippen LogP contribution >= 0.6 is 0 Å². The molecule has 1 aromatic carbocycles. The van der Waals surface area contributed by atoms with Crippen molar-refractivity contribution in [3.8, 4) is 0 Å². The monoisotopic (exact) mass is 804 g/mol. The van der Waals surface area contributed by atoms with Gasteiger partial charge in [-0.05, 0) is 62.4 Å². The number of hydrogen-bond donors (Lipinski definition) is 6. The Bertz CT molecular complexity index is 2300. The average Bonchev–Trinajstić information content (AvgIpc) is 4.00. The molecule has 5 heterocycles. The van der Waals surface area contributed by atoms with Crippen LogP contribution in [0.15, 0.2) is 61.1 Å². The highest BCUT2D eigenvalue weighted by Crippen LogP contribution is 2.33. The zero-order valence-corrected chi connectivity index (χ0v) is 32.1. The van der Waals surface area contributed by atoms with Crippen LogP contribution in [-0.2, 0) is 23.9 Å². The summed E-state index contributed by atoms with van der Waals surface area (Å²) in [6, 6.07) is 11.5. The van der Waals surface area contributed by atoms with E-state index in [1.165, 1.54) is 6.07 Å². The molecule has 4 aliphatic rings. The number of aromatic nitrogens is 3. The van der Waals surface area contributed by atoms with Crippen LogP contribution in [0, 0.1) is 5.92 Å². The topological polar surface area (TPSA) is 235 Å². The Morgan fingerprint density at radius 3 is 2.46 bits per heavy atom. The minimum absolute atomic E-state index is 0.0499. The van der Waals surface area contributed by atoms with Crippen LogP contribution in [0.5, 0.6) is 0 Å². The lowest BCUT2D eigenvalue weighted by Gasteiger charge is -2.34. The Hall–Kier alpha value is -6.53. The van der Waals surface area contributed by atoms with E-state index in [0.717, 1.165) is 28.6 Å². The smallest absolute Gasteiger partial charge is 0.264 e. The Kier molecular flexibility index (Phi) is 11.7. The normalized spacial score (nSPS) is 19.8. The minimum atomic E-state index is -1.03. The van der Waals surface area contributed by atoms with Crippen LogP contribution in [0.1, 0.15) is 69.6 Å². The number of anilines is 4. The molecule has 59 heavy (non-hydrogen) atoms. The Labute approximate surface area is 338 Å². The van der Waals surface area contributed by atoms with Crippen LogP contribution in [-0.4, -0.2) is 113 Å². The molecule has 0 spiro atoms. The molecule has 18 nitrogen and oxygen atoms in total. The van der Waals surface area contributed by atoms with E-state index in [2.05, 4.69) is 46.9 Å². The molecule has 0 radical (unpaired) electrons. The summed E-state index contributed by atoms with van der Waals surface area (Å²) in [7, 11) is 0. The molecule has 2 saturated carbocycles. The number of carbonyl (C=O) groups is 6. The maximum absolute atomic E-state index is 13.3. The van der Waals surface area contributed by atoms with E-state index >= 15 is 0 Å². The molecule has 1 atom stereocenters. The third-order valence-corrected chi connectivity index (χ3v) is 10.6. The second-order valence-corrected chi connectivity index (χ2v) is 14.9. The minimum Gasteiger partial charge on any atom is -0.382 e. The van der Waals surface area contributed by atoms with Crippen molar-refractivity contribution >= 4 is 69.4 Å². The van der Waals surface area contributed by atoms with Gasteiger partial charge in [0, 0.05) is 73.2 Å². The molecule has 2 aliphatic carbocycles. The van der Waals surface area contributed by atoms with Crippen LogP contribution in [0.4, 0.5) is 23.0 Å². The SMILES string of the molecule is O=C1CCC(N2C(=O)c3cccc(NCCOCCOCCNC(=O)C4CC(NC(=O)c5cnc(Nc6ccc7cnccc7n6)cc5NC5CC5)C4)c3C2=O)C(=O)N1. The summed E-state index contributed by atoms with van der Waals surface area (Å²) >= 11 is 0. The van der Waals surface area contributed by atoms with Gasteiger partial charge in [-0.2, -0.15) is 0 Å². The van der Waals surface area contributed by atoms with Crippen molar-refractivity contribution in [3.63, 3.8) is 0 Å². The molecule has 1 unspecified atom stereocenters. The summed E-state index contributed by atoms with van der Waals surface area (Å²) in [6.45, 7) is 1.89. The fourth-order valence-electron chi connectivity index (χ4n) is 7.28. The number of piperidine rings is 1. The summed E-state index contributed by atoms with van der Waals surface area (Å²) < 4.78 is 11.2. The van der Waals surface area contributed by atoms with Gasteiger partial charge in [0.1, 0.15) is 17.7 Å². The number of hydrogen-bond acceptors (Lipinski definition) is 14. The predicted molar refractivity (Wildman–Crippen MR) is 214 cm³/mol. The van der Waals surface area contributed by atoms with E-state index in [9.17, 15) is 28.8 Å². The zero-order chi connectivity index (χ0) is 40.9. The van der Waals surface area contributed by atoms with Crippen LogP contribution in [0.3, 0.4) is 0 Å². The van der Waals surface area contributed by atoms with Crippen molar-refractivity contribution in [1.82, 2.24) is 35.8 Å². The molecule has 0 bridgehead atoms. The quantitative estimate of drug-likeness (QED) is 0.0627. The number of carbonyl (C=O) groups excluding carboxylic acids is 6. The summed E-state index contributed by atoms with van der Waals surface area (Å²) in [5.41, 5.74) is 2.78. The number of rotatable bonds is 18. The fraction of sp³-hybridized carbons (Fsp3) is 0.390. The largest absolute Gasteiger partial charge is 0.382 e. The van der Waals surface area contributed by atoms with Gasteiger partial charge in [0.2, 0.25) is 17.7 Å². The first-order chi connectivity index (χ1) is 28.7. The third kappa shape index (κ3) is 9.13. The summed E-state index contributed by atoms with van der Waals surface area (Å²) in [5.74, 6) is -1.57. The molecular weight excluding hydrogens is 761 g/mol. The van der Waals surface area contributed by atoms with Gasteiger partial charge >= 0.3 is 0 Å². The molecule has 8 rings (SSSR count). The van der Waals surface area contributed by atoms with Crippen LogP contribution in [0.25, 0.3) is 10.9 Å². The van der Waals surface area contributed by atoms with Gasteiger partial charge in [0.15, 0.2) is 0 Å². The van der Waals surface area contributed by atoms with Crippen molar-refractivity contribution in [2.45, 2.75) is 56.7 Å². The van der Waals surface area contributed by atoms with Gasteiger partial charge in [0.25, 0.3) is 17.7 Å². The van der Waals surface area contributed by atoms with Gasteiger partial charge in [-0.15, -0.1) is 0 Å². The van der Waals surface area contributed by atoms with Crippen molar-refractivity contribution in [2.75, 3.05) is 55.5 Å². The lowest BCUT2D eigenvalue weighted by Crippen LogP contribution is -2.54. The fourth-order valence-corrected chi connectivity index (χ4v) is 7.28. The number of nitrogens with one attached hydrogen (secondary N) is 6. The lowest BCUT2D eigenvalue weighted by molar-refractivity contribution is -0.136. The van der Waals surface area contributed by atoms with Crippen molar-refractivity contribution in [3.05, 3.63) is 77.7 Å². The van der Waals surface area contributed by atoms with E-state index in [0.29, 0.717) is 87.0 Å². The molecule has 6 N–H and O–H groups in total. The molecule has 1 saturated heterocycles. The van der Waals surface area contributed by atoms with Crippen molar-refractivity contribution in [2.24, 2.45) is 5.92 Å². The highest BCUT2D eigenvalue weighted by Gasteiger charge is 2.45.